The summed E-state index contributed by atoms with van der Waals surface area (Å²) < 4.78 is 17.0. The number of nitrogens with zero attached hydrogens (tertiary/aromatic N) is 1. The third kappa shape index (κ3) is 0.798. The average Bonchev–Trinajstić information content (AvgIpc) is 1.98. The second-order valence-corrected chi connectivity index (χ2v) is 2.29. The lowest BCUT2D eigenvalue weighted by atomic mass is 10.8. The summed E-state index contributed by atoms with van der Waals surface area (Å²) >= 11 is 2.97. The van der Waals surface area contributed by atoms with Gasteiger partial charge >= 0.3 is 6.01 Å². The number of ether oxygens (including phenoxy) is 1. The van der Waals surface area contributed by atoms with Crippen molar-refractivity contribution in [1.29, 1.82) is 0 Å². The van der Waals surface area contributed by atoms with E-state index in [1.807, 2.05) is 0 Å². The SMILES string of the molecule is CN1COC(F)=C1Br. The van der Waals surface area contributed by atoms with Crippen LogP contribution in [0.15, 0.2) is 10.6 Å². The molecule has 1 aliphatic heterocycles. The molecule has 46 valence electrons. The maximum absolute atomic E-state index is 12.1. The minimum Gasteiger partial charge on any atom is -0.447 e. The zero-order valence-corrected chi connectivity index (χ0v) is 5.90. The van der Waals surface area contributed by atoms with E-state index in [4.69, 9.17) is 0 Å². The maximum Gasteiger partial charge on any atom is 0.305 e. The Balaban J connectivity index is 2.71. The summed E-state index contributed by atoms with van der Waals surface area (Å²) in [7, 11) is 1.73. The topological polar surface area (TPSA) is 12.5 Å². The molecular formula is C4H5BrFNO. The van der Waals surface area contributed by atoms with Crippen LogP contribution in [0.4, 0.5) is 4.39 Å². The van der Waals surface area contributed by atoms with Crippen molar-refractivity contribution in [1.82, 2.24) is 4.90 Å². The Hall–Kier alpha value is -0.250. The van der Waals surface area contributed by atoms with Crippen LogP contribution in [0.25, 0.3) is 0 Å². The van der Waals surface area contributed by atoms with Gasteiger partial charge in [0.2, 0.25) is 0 Å². The van der Waals surface area contributed by atoms with E-state index >= 15 is 0 Å². The summed E-state index contributed by atoms with van der Waals surface area (Å²) in [6, 6.07) is -0.535. The molecule has 1 aliphatic rings. The van der Waals surface area contributed by atoms with Crippen molar-refractivity contribution < 1.29 is 9.13 Å². The number of halogens is 2. The first-order chi connectivity index (χ1) is 3.72. The molecule has 0 aromatic rings. The van der Waals surface area contributed by atoms with E-state index in [1.54, 1.807) is 11.9 Å². The first-order valence-corrected chi connectivity index (χ1v) is 2.90. The molecule has 0 spiro atoms. The number of hydrogen-bond donors (Lipinski definition) is 0. The van der Waals surface area contributed by atoms with Crippen molar-refractivity contribution in [2.45, 2.75) is 0 Å². The molecule has 0 fully saturated rings. The van der Waals surface area contributed by atoms with Crippen molar-refractivity contribution >= 4 is 15.9 Å². The summed E-state index contributed by atoms with van der Waals surface area (Å²) in [6.45, 7) is 0.298. The molecule has 0 aliphatic carbocycles. The molecule has 0 atom stereocenters. The predicted molar refractivity (Wildman–Crippen MR) is 30.8 cm³/mol. The smallest absolute Gasteiger partial charge is 0.305 e. The van der Waals surface area contributed by atoms with Crippen LogP contribution in [0.3, 0.4) is 0 Å². The van der Waals surface area contributed by atoms with Crippen molar-refractivity contribution in [2.75, 3.05) is 13.8 Å². The molecule has 0 unspecified atom stereocenters. The Morgan fingerprint density at radius 2 is 2.50 bits per heavy atom. The second-order valence-electron chi connectivity index (χ2n) is 1.54. The van der Waals surface area contributed by atoms with Gasteiger partial charge in [0.05, 0.1) is 0 Å². The highest BCUT2D eigenvalue weighted by molar-refractivity contribution is 9.11. The van der Waals surface area contributed by atoms with Crippen LogP contribution in [0.2, 0.25) is 0 Å². The Labute approximate surface area is 55.0 Å². The monoisotopic (exact) mass is 181 g/mol. The Kier molecular flexibility index (Phi) is 1.42. The molecule has 8 heavy (non-hydrogen) atoms. The van der Waals surface area contributed by atoms with E-state index in [9.17, 15) is 4.39 Å². The fraction of sp³-hybridized carbons (Fsp3) is 0.500. The summed E-state index contributed by atoms with van der Waals surface area (Å²) in [4.78, 5) is 1.62. The van der Waals surface area contributed by atoms with Gasteiger partial charge in [-0.15, -0.1) is 0 Å². The Morgan fingerprint density at radius 3 is 2.62 bits per heavy atom. The van der Waals surface area contributed by atoms with Crippen LogP contribution in [-0.2, 0) is 4.74 Å². The normalized spacial score (nSPS) is 19.6. The summed E-state index contributed by atoms with van der Waals surface area (Å²) in [6.07, 6.45) is 0. The minimum atomic E-state index is -0.535. The van der Waals surface area contributed by atoms with E-state index in [-0.39, 0.29) is 0 Å². The second kappa shape index (κ2) is 1.93. The van der Waals surface area contributed by atoms with E-state index < -0.39 is 6.01 Å². The molecule has 0 saturated heterocycles. The van der Waals surface area contributed by atoms with E-state index in [0.29, 0.717) is 11.3 Å². The molecule has 0 N–H and O–H groups in total. The third-order valence-corrected chi connectivity index (χ3v) is 1.80. The van der Waals surface area contributed by atoms with Gasteiger partial charge in [0.25, 0.3) is 0 Å². The molecule has 0 bridgehead atoms. The van der Waals surface area contributed by atoms with Gasteiger partial charge in [0.1, 0.15) is 0 Å². The lowest BCUT2D eigenvalue weighted by Crippen LogP contribution is -2.09. The summed E-state index contributed by atoms with van der Waals surface area (Å²) in [5.41, 5.74) is 0. The lowest BCUT2D eigenvalue weighted by molar-refractivity contribution is 0.126. The van der Waals surface area contributed by atoms with Crippen LogP contribution >= 0.6 is 15.9 Å². The van der Waals surface area contributed by atoms with Crippen LogP contribution in [0, 0.1) is 0 Å². The molecule has 0 saturated carbocycles. The molecule has 0 radical (unpaired) electrons. The quantitative estimate of drug-likeness (QED) is 0.525. The van der Waals surface area contributed by atoms with E-state index in [1.165, 1.54) is 0 Å². The van der Waals surface area contributed by atoms with Gasteiger partial charge in [0.15, 0.2) is 11.3 Å². The summed E-state index contributed by atoms with van der Waals surface area (Å²) in [5.74, 6) is 0. The van der Waals surface area contributed by atoms with Crippen molar-refractivity contribution in [3.05, 3.63) is 10.6 Å². The van der Waals surface area contributed by atoms with Gasteiger partial charge in [-0.2, -0.15) is 4.39 Å². The molecule has 1 heterocycles. The van der Waals surface area contributed by atoms with Crippen molar-refractivity contribution in [2.24, 2.45) is 0 Å². The fourth-order valence-electron chi connectivity index (χ4n) is 0.420. The standard InChI is InChI=1S/C4H5BrFNO/c1-7-2-8-4(6)3(7)5/h2H2,1H3. The fourth-order valence-corrected chi connectivity index (χ4v) is 0.637. The minimum absolute atomic E-state index is 0.298. The highest BCUT2D eigenvalue weighted by atomic mass is 79.9. The van der Waals surface area contributed by atoms with Crippen molar-refractivity contribution in [3.8, 4) is 0 Å². The molecule has 2 nitrogen and oxygen atoms in total. The van der Waals surface area contributed by atoms with Crippen LogP contribution in [0.1, 0.15) is 0 Å². The Morgan fingerprint density at radius 1 is 1.88 bits per heavy atom. The highest BCUT2D eigenvalue weighted by Gasteiger charge is 2.17. The van der Waals surface area contributed by atoms with Gasteiger partial charge in [-0.3, -0.25) is 0 Å². The molecule has 1 rings (SSSR count). The first-order valence-electron chi connectivity index (χ1n) is 2.11. The first kappa shape index (κ1) is 5.88. The van der Waals surface area contributed by atoms with Gasteiger partial charge in [-0.05, 0) is 15.9 Å². The lowest BCUT2D eigenvalue weighted by Gasteiger charge is -2.04. The number of rotatable bonds is 0. The zero-order chi connectivity index (χ0) is 6.15. The largest absolute Gasteiger partial charge is 0.447 e. The van der Waals surface area contributed by atoms with Gasteiger partial charge in [0, 0.05) is 7.05 Å². The molecule has 0 amide bonds. The van der Waals surface area contributed by atoms with Crippen LogP contribution in [-0.4, -0.2) is 18.7 Å². The van der Waals surface area contributed by atoms with Gasteiger partial charge in [-0.25, -0.2) is 0 Å². The molecule has 0 aromatic heterocycles. The van der Waals surface area contributed by atoms with Crippen LogP contribution in [0.5, 0.6) is 0 Å². The predicted octanol–water partition coefficient (Wildman–Crippen LogP) is 1.40. The van der Waals surface area contributed by atoms with Crippen molar-refractivity contribution in [3.63, 3.8) is 0 Å². The summed E-state index contributed by atoms with van der Waals surface area (Å²) in [5, 5.41) is 0. The highest BCUT2D eigenvalue weighted by Crippen LogP contribution is 2.23. The van der Waals surface area contributed by atoms with Crippen LogP contribution < -0.4 is 0 Å². The van der Waals surface area contributed by atoms with E-state index in [0.717, 1.165) is 0 Å². The average molecular weight is 182 g/mol. The Bertz CT molecular complexity index is 136. The van der Waals surface area contributed by atoms with Gasteiger partial charge < -0.3 is 9.64 Å². The van der Waals surface area contributed by atoms with E-state index in [2.05, 4.69) is 20.7 Å². The zero-order valence-electron chi connectivity index (χ0n) is 4.32. The molecular weight excluding hydrogens is 177 g/mol. The molecule has 4 heteroatoms. The van der Waals surface area contributed by atoms with Gasteiger partial charge in [-0.1, -0.05) is 0 Å². The molecule has 0 aromatic carbocycles. The third-order valence-electron chi connectivity index (χ3n) is 0.882. The maximum atomic E-state index is 12.1. The number of hydrogen-bond acceptors (Lipinski definition) is 2.